The molecule has 11 heteroatoms. The van der Waals surface area contributed by atoms with Gasteiger partial charge in [0.2, 0.25) is 10.0 Å². The van der Waals surface area contributed by atoms with E-state index in [9.17, 15) is 18.5 Å². The van der Waals surface area contributed by atoms with Crippen LogP contribution in [0.25, 0.3) is 0 Å². The number of methoxy groups -OCH3 is 1. The summed E-state index contributed by atoms with van der Waals surface area (Å²) in [6.07, 6.45) is 0. The number of rotatable bonds is 5. The van der Waals surface area contributed by atoms with Crippen molar-refractivity contribution >= 4 is 44.4 Å². The Labute approximate surface area is 149 Å². The van der Waals surface area contributed by atoms with E-state index in [2.05, 4.69) is 10.6 Å². The quantitative estimate of drug-likeness (QED) is 0.406. The van der Waals surface area contributed by atoms with Crippen LogP contribution in [0.1, 0.15) is 0 Å². The summed E-state index contributed by atoms with van der Waals surface area (Å²) in [5.41, 5.74) is 0.702. The fourth-order valence-corrected chi connectivity index (χ4v) is 2.66. The van der Waals surface area contributed by atoms with Gasteiger partial charge in [-0.3, -0.25) is 10.1 Å². The van der Waals surface area contributed by atoms with Crippen molar-refractivity contribution in [2.45, 2.75) is 4.90 Å². The topological polar surface area (TPSA) is 137 Å². The minimum absolute atomic E-state index is 0.0303. The predicted octanol–water partition coefficient (Wildman–Crippen LogP) is 2.06. The number of benzene rings is 2. The van der Waals surface area contributed by atoms with Gasteiger partial charge in [-0.05, 0) is 42.5 Å². The number of nitrogens with one attached hydrogen (secondary N) is 2. The molecule has 0 fully saturated rings. The highest BCUT2D eigenvalue weighted by atomic mass is 32.2. The van der Waals surface area contributed by atoms with Crippen LogP contribution in [0.15, 0.2) is 47.4 Å². The number of primary sulfonamides is 1. The number of non-ortho nitro benzene ring substituents is 1. The number of hydrogen-bond donors (Lipinski definition) is 3. The molecule has 0 heterocycles. The van der Waals surface area contributed by atoms with Gasteiger partial charge in [-0.25, -0.2) is 13.6 Å². The van der Waals surface area contributed by atoms with Crippen LogP contribution >= 0.6 is 12.2 Å². The monoisotopic (exact) mass is 382 g/mol. The Balaban J connectivity index is 2.15. The molecule has 0 unspecified atom stereocenters. The summed E-state index contributed by atoms with van der Waals surface area (Å²) < 4.78 is 27.6. The average Bonchev–Trinajstić information content (AvgIpc) is 2.54. The molecule has 0 radical (unpaired) electrons. The summed E-state index contributed by atoms with van der Waals surface area (Å²) in [7, 11) is -2.35. The number of nitro groups is 1. The summed E-state index contributed by atoms with van der Waals surface area (Å²) in [5.74, 6) is 0.374. The molecule has 9 nitrogen and oxygen atoms in total. The number of nitrogens with two attached hydrogens (primary N) is 1. The fourth-order valence-electron chi connectivity index (χ4n) is 1.92. The largest absolute Gasteiger partial charge is 0.495 e. The summed E-state index contributed by atoms with van der Waals surface area (Å²) in [6, 6.07) is 9.67. The Bertz CT molecular complexity index is 913. The average molecular weight is 382 g/mol. The molecular weight excluding hydrogens is 368 g/mol. The van der Waals surface area contributed by atoms with Gasteiger partial charge in [0.25, 0.3) is 5.69 Å². The van der Waals surface area contributed by atoms with Crippen molar-refractivity contribution in [3.8, 4) is 5.75 Å². The van der Waals surface area contributed by atoms with Crippen LogP contribution in [-0.2, 0) is 10.0 Å². The molecule has 0 saturated heterocycles. The Kier molecular flexibility index (Phi) is 5.51. The lowest BCUT2D eigenvalue weighted by Gasteiger charge is -2.13. The maximum Gasteiger partial charge on any atom is 0.271 e. The molecule has 2 rings (SSSR count). The standard InChI is InChI=1S/C14H14N4O5S2/c1-23-13-7-4-10(18(19)20)8-12(13)17-14(24)16-9-2-5-11(6-3-9)25(15,21)22/h2-8H,1H3,(H2,15,21,22)(H2,16,17,24). The van der Waals surface area contributed by atoms with E-state index in [0.717, 1.165) is 0 Å². The highest BCUT2D eigenvalue weighted by Crippen LogP contribution is 2.29. The third-order valence-electron chi connectivity index (χ3n) is 3.08. The van der Waals surface area contributed by atoms with E-state index < -0.39 is 14.9 Å². The predicted molar refractivity (Wildman–Crippen MR) is 97.3 cm³/mol. The first kappa shape index (κ1) is 18.6. The highest BCUT2D eigenvalue weighted by Gasteiger charge is 2.13. The van der Waals surface area contributed by atoms with Crippen LogP contribution in [0.4, 0.5) is 17.1 Å². The van der Waals surface area contributed by atoms with Gasteiger partial charge in [-0.1, -0.05) is 0 Å². The molecule has 0 saturated carbocycles. The van der Waals surface area contributed by atoms with E-state index in [1.165, 1.54) is 49.6 Å². The lowest BCUT2D eigenvalue weighted by atomic mass is 10.2. The minimum atomic E-state index is -3.78. The first-order valence-electron chi connectivity index (χ1n) is 6.74. The van der Waals surface area contributed by atoms with Crippen molar-refractivity contribution in [3.63, 3.8) is 0 Å². The molecular formula is C14H14N4O5S2. The second kappa shape index (κ2) is 7.42. The van der Waals surface area contributed by atoms with Crippen LogP contribution in [-0.4, -0.2) is 25.6 Å². The molecule has 0 bridgehead atoms. The zero-order valence-electron chi connectivity index (χ0n) is 12.9. The smallest absolute Gasteiger partial charge is 0.271 e. The summed E-state index contributed by atoms with van der Waals surface area (Å²) in [5, 5.41) is 21.7. The Hall–Kier alpha value is -2.76. The molecule has 0 spiro atoms. The van der Waals surface area contributed by atoms with Gasteiger partial charge in [0.15, 0.2) is 5.11 Å². The molecule has 0 aliphatic heterocycles. The number of nitro benzene ring substituents is 1. The molecule has 0 aliphatic rings. The summed E-state index contributed by atoms with van der Waals surface area (Å²) in [6.45, 7) is 0. The molecule has 0 amide bonds. The van der Waals surface area contributed by atoms with Crippen molar-refractivity contribution in [1.82, 2.24) is 0 Å². The third-order valence-corrected chi connectivity index (χ3v) is 4.22. The normalized spacial score (nSPS) is 10.8. The number of sulfonamides is 1. The third kappa shape index (κ3) is 4.86. The van der Waals surface area contributed by atoms with E-state index >= 15 is 0 Å². The van der Waals surface area contributed by atoms with Crippen LogP contribution in [0.3, 0.4) is 0 Å². The Morgan fingerprint density at radius 1 is 1.20 bits per heavy atom. The van der Waals surface area contributed by atoms with E-state index in [-0.39, 0.29) is 15.7 Å². The zero-order chi connectivity index (χ0) is 18.6. The van der Waals surface area contributed by atoms with E-state index in [1.807, 2.05) is 0 Å². The molecule has 132 valence electrons. The number of thiocarbonyl (C=S) groups is 1. The van der Waals surface area contributed by atoms with E-state index in [1.54, 1.807) is 0 Å². The summed E-state index contributed by atoms with van der Waals surface area (Å²) >= 11 is 5.15. The van der Waals surface area contributed by atoms with Gasteiger partial charge in [0, 0.05) is 17.8 Å². The van der Waals surface area contributed by atoms with Gasteiger partial charge in [0.1, 0.15) is 5.75 Å². The van der Waals surface area contributed by atoms with Gasteiger partial charge in [-0.15, -0.1) is 0 Å². The fraction of sp³-hybridized carbons (Fsp3) is 0.0714. The van der Waals surface area contributed by atoms with Crippen LogP contribution in [0.2, 0.25) is 0 Å². The van der Waals surface area contributed by atoms with Crippen LogP contribution < -0.4 is 20.5 Å². The molecule has 0 atom stereocenters. The molecule has 2 aromatic rings. The molecule has 0 aliphatic carbocycles. The molecule has 4 N–H and O–H groups in total. The summed E-state index contributed by atoms with van der Waals surface area (Å²) in [4.78, 5) is 10.3. The molecule has 25 heavy (non-hydrogen) atoms. The molecule has 0 aromatic heterocycles. The van der Waals surface area contributed by atoms with Crippen LogP contribution in [0.5, 0.6) is 5.75 Å². The van der Waals surface area contributed by atoms with Crippen molar-refractivity contribution in [2.75, 3.05) is 17.7 Å². The maximum atomic E-state index is 11.2. The van der Waals surface area contributed by atoms with Gasteiger partial charge >= 0.3 is 0 Å². The number of anilines is 2. The van der Waals surface area contributed by atoms with Gasteiger partial charge in [0.05, 0.1) is 22.6 Å². The maximum absolute atomic E-state index is 11.2. The lowest BCUT2D eigenvalue weighted by Crippen LogP contribution is -2.19. The minimum Gasteiger partial charge on any atom is -0.495 e. The van der Waals surface area contributed by atoms with Gasteiger partial charge < -0.3 is 15.4 Å². The second-order valence-corrected chi connectivity index (χ2v) is 6.76. The van der Waals surface area contributed by atoms with Crippen molar-refractivity contribution < 1.29 is 18.1 Å². The SMILES string of the molecule is COc1ccc([N+](=O)[O-])cc1NC(=S)Nc1ccc(S(N)(=O)=O)cc1. The first-order chi connectivity index (χ1) is 11.7. The first-order valence-corrected chi connectivity index (χ1v) is 8.69. The van der Waals surface area contributed by atoms with E-state index in [0.29, 0.717) is 17.1 Å². The molecule has 2 aromatic carbocycles. The Morgan fingerprint density at radius 2 is 1.84 bits per heavy atom. The van der Waals surface area contributed by atoms with Crippen molar-refractivity contribution in [2.24, 2.45) is 5.14 Å². The van der Waals surface area contributed by atoms with Crippen molar-refractivity contribution in [3.05, 3.63) is 52.6 Å². The highest BCUT2D eigenvalue weighted by molar-refractivity contribution is 7.89. The zero-order valence-corrected chi connectivity index (χ0v) is 14.6. The Morgan fingerprint density at radius 3 is 2.36 bits per heavy atom. The van der Waals surface area contributed by atoms with Gasteiger partial charge in [-0.2, -0.15) is 0 Å². The van der Waals surface area contributed by atoms with Crippen molar-refractivity contribution in [1.29, 1.82) is 0 Å². The number of hydrogen-bond acceptors (Lipinski definition) is 6. The van der Waals surface area contributed by atoms with Crippen LogP contribution in [0, 0.1) is 10.1 Å². The van der Waals surface area contributed by atoms with E-state index in [4.69, 9.17) is 22.1 Å². The lowest BCUT2D eigenvalue weighted by molar-refractivity contribution is -0.384. The number of ether oxygens (including phenoxy) is 1. The number of nitrogens with zero attached hydrogens (tertiary/aromatic N) is 1. The second-order valence-electron chi connectivity index (χ2n) is 4.79.